The quantitative estimate of drug-likeness (QED) is 0.894. The number of amides is 1. The van der Waals surface area contributed by atoms with Gasteiger partial charge in [0.1, 0.15) is 5.82 Å². The molecule has 1 aromatic carbocycles. The number of halogens is 1. The second kappa shape index (κ2) is 5.92. The lowest BCUT2D eigenvalue weighted by atomic mass is 9.95. The summed E-state index contributed by atoms with van der Waals surface area (Å²) in [7, 11) is 0. The van der Waals surface area contributed by atoms with E-state index in [1.165, 1.54) is 12.1 Å². The third-order valence-corrected chi connectivity index (χ3v) is 3.81. The number of nitrogens with one attached hydrogen (secondary N) is 1. The molecule has 5 nitrogen and oxygen atoms in total. The summed E-state index contributed by atoms with van der Waals surface area (Å²) in [4.78, 5) is 23.4. The SMILES string of the molecule is CC1CC(C(=O)O)C(C(=O)Nc2ccc(C#N)cc2F)C1. The van der Waals surface area contributed by atoms with Crippen LogP contribution in [0, 0.1) is 34.9 Å². The highest BCUT2D eigenvalue weighted by atomic mass is 19.1. The van der Waals surface area contributed by atoms with Crippen molar-refractivity contribution < 1.29 is 19.1 Å². The number of benzene rings is 1. The Hall–Kier alpha value is -2.42. The molecule has 1 aromatic rings. The molecule has 2 N–H and O–H groups in total. The van der Waals surface area contributed by atoms with Crippen molar-refractivity contribution in [2.24, 2.45) is 17.8 Å². The minimum absolute atomic E-state index is 0.0392. The summed E-state index contributed by atoms with van der Waals surface area (Å²) in [6.45, 7) is 1.89. The van der Waals surface area contributed by atoms with Gasteiger partial charge in [0.25, 0.3) is 0 Å². The van der Waals surface area contributed by atoms with Gasteiger partial charge in [0.2, 0.25) is 5.91 Å². The number of nitrogens with zero attached hydrogens (tertiary/aromatic N) is 1. The van der Waals surface area contributed by atoms with E-state index in [4.69, 9.17) is 10.4 Å². The van der Waals surface area contributed by atoms with E-state index in [0.717, 1.165) is 6.07 Å². The molecular formula is C15H15FN2O3. The van der Waals surface area contributed by atoms with Crippen molar-refractivity contribution in [3.8, 4) is 6.07 Å². The van der Waals surface area contributed by atoms with E-state index in [1.807, 2.05) is 6.92 Å². The number of carboxylic acid groups (broad SMARTS) is 1. The Morgan fingerprint density at radius 2 is 2.05 bits per heavy atom. The fraction of sp³-hybridized carbons (Fsp3) is 0.400. The zero-order valence-corrected chi connectivity index (χ0v) is 11.5. The van der Waals surface area contributed by atoms with Crippen LogP contribution in [-0.4, -0.2) is 17.0 Å². The largest absolute Gasteiger partial charge is 0.481 e. The first-order valence-corrected chi connectivity index (χ1v) is 6.65. The van der Waals surface area contributed by atoms with Gasteiger partial charge >= 0.3 is 5.97 Å². The van der Waals surface area contributed by atoms with Crippen LogP contribution in [0.25, 0.3) is 0 Å². The highest BCUT2D eigenvalue weighted by Crippen LogP contribution is 2.37. The van der Waals surface area contributed by atoms with Crippen LogP contribution in [0.3, 0.4) is 0 Å². The molecule has 0 radical (unpaired) electrons. The van der Waals surface area contributed by atoms with Gasteiger partial charge in [-0.05, 0) is 37.0 Å². The van der Waals surface area contributed by atoms with Crippen LogP contribution in [0.1, 0.15) is 25.3 Å². The Bertz CT molecular complexity index is 624. The molecule has 0 aliphatic heterocycles. The van der Waals surface area contributed by atoms with E-state index >= 15 is 0 Å². The van der Waals surface area contributed by atoms with Gasteiger partial charge in [0, 0.05) is 0 Å². The molecule has 0 aromatic heterocycles. The number of rotatable bonds is 3. The predicted molar refractivity (Wildman–Crippen MR) is 72.8 cm³/mol. The average molecular weight is 290 g/mol. The van der Waals surface area contributed by atoms with Crippen molar-refractivity contribution in [2.75, 3.05) is 5.32 Å². The number of nitriles is 1. The number of carbonyl (C=O) groups is 2. The number of carbonyl (C=O) groups excluding carboxylic acids is 1. The summed E-state index contributed by atoms with van der Waals surface area (Å²) < 4.78 is 13.7. The summed E-state index contributed by atoms with van der Waals surface area (Å²) in [6.07, 6.45) is 0.921. The lowest BCUT2D eigenvalue weighted by molar-refractivity contribution is -0.145. The molecule has 1 fully saturated rings. The van der Waals surface area contributed by atoms with E-state index < -0.39 is 29.5 Å². The topological polar surface area (TPSA) is 90.2 Å². The summed E-state index contributed by atoms with van der Waals surface area (Å²) in [6, 6.07) is 5.53. The van der Waals surface area contributed by atoms with Crippen LogP contribution in [0.2, 0.25) is 0 Å². The second-order valence-corrected chi connectivity index (χ2v) is 5.42. The fourth-order valence-corrected chi connectivity index (χ4v) is 2.77. The van der Waals surface area contributed by atoms with Crippen LogP contribution < -0.4 is 5.32 Å². The molecular weight excluding hydrogens is 275 g/mol. The number of carboxylic acids is 1. The van der Waals surface area contributed by atoms with E-state index in [9.17, 15) is 14.0 Å². The van der Waals surface area contributed by atoms with Gasteiger partial charge in [-0.25, -0.2) is 4.39 Å². The highest BCUT2D eigenvalue weighted by molar-refractivity contribution is 5.95. The Morgan fingerprint density at radius 3 is 2.62 bits per heavy atom. The molecule has 21 heavy (non-hydrogen) atoms. The summed E-state index contributed by atoms with van der Waals surface area (Å²) in [5, 5.41) is 20.2. The Balaban J connectivity index is 2.14. The van der Waals surface area contributed by atoms with Gasteiger partial charge < -0.3 is 10.4 Å². The van der Waals surface area contributed by atoms with Crippen molar-refractivity contribution in [1.29, 1.82) is 5.26 Å². The molecule has 1 aliphatic carbocycles. The van der Waals surface area contributed by atoms with E-state index in [2.05, 4.69) is 5.32 Å². The molecule has 0 saturated heterocycles. The van der Waals surface area contributed by atoms with Crippen LogP contribution in [-0.2, 0) is 9.59 Å². The lowest BCUT2D eigenvalue weighted by Gasteiger charge is -2.15. The Labute approximate surface area is 121 Å². The molecule has 0 bridgehead atoms. The van der Waals surface area contributed by atoms with E-state index in [1.54, 1.807) is 6.07 Å². The second-order valence-electron chi connectivity index (χ2n) is 5.42. The molecule has 3 unspecified atom stereocenters. The number of hydrogen-bond donors (Lipinski definition) is 2. The van der Waals surface area contributed by atoms with Gasteiger partial charge in [-0.15, -0.1) is 0 Å². The monoisotopic (exact) mass is 290 g/mol. The first kappa shape index (κ1) is 15.0. The smallest absolute Gasteiger partial charge is 0.307 e. The molecule has 1 saturated carbocycles. The van der Waals surface area contributed by atoms with Gasteiger partial charge in [0.05, 0.1) is 29.2 Å². The zero-order valence-electron chi connectivity index (χ0n) is 11.5. The lowest BCUT2D eigenvalue weighted by Crippen LogP contribution is -2.30. The van der Waals surface area contributed by atoms with Crippen molar-refractivity contribution in [3.05, 3.63) is 29.6 Å². The van der Waals surface area contributed by atoms with Crippen LogP contribution >= 0.6 is 0 Å². The van der Waals surface area contributed by atoms with Crippen LogP contribution in [0.4, 0.5) is 10.1 Å². The summed E-state index contributed by atoms with van der Waals surface area (Å²) >= 11 is 0. The molecule has 0 spiro atoms. The zero-order chi connectivity index (χ0) is 15.6. The van der Waals surface area contributed by atoms with Crippen molar-refractivity contribution in [3.63, 3.8) is 0 Å². The maximum absolute atomic E-state index is 13.7. The van der Waals surface area contributed by atoms with Gasteiger partial charge in [-0.1, -0.05) is 6.92 Å². The molecule has 0 heterocycles. The van der Waals surface area contributed by atoms with Gasteiger partial charge in [-0.3, -0.25) is 9.59 Å². The number of anilines is 1. The first-order chi connectivity index (χ1) is 9.92. The fourth-order valence-electron chi connectivity index (χ4n) is 2.77. The number of aliphatic carboxylic acids is 1. The third-order valence-electron chi connectivity index (χ3n) is 3.81. The summed E-state index contributed by atoms with van der Waals surface area (Å²) in [5.74, 6) is -3.45. The molecule has 3 atom stereocenters. The highest BCUT2D eigenvalue weighted by Gasteiger charge is 2.41. The van der Waals surface area contributed by atoms with Crippen LogP contribution in [0.15, 0.2) is 18.2 Å². The van der Waals surface area contributed by atoms with Crippen molar-refractivity contribution in [2.45, 2.75) is 19.8 Å². The summed E-state index contributed by atoms with van der Waals surface area (Å²) in [5.41, 5.74) is 0.117. The molecule has 1 amide bonds. The Morgan fingerprint density at radius 1 is 1.38 bits per heavy atom. The minimum atomic E-state index is -1.00. The van der Waals surface area contributed by atoms with Gasteiger partial charge in [-0.2, -0.15) is 5.26 Å². The van der Waals surface area contributed by atoms with Crippen molar-refractivity contribution in [1.82, 2.24) is 0 Å². The standard InChI is InChI=1S/C15H15FN2O3/c1-8-4-10(11(5-8)15(20)21)14(19)18-13-3-2-9(7-17)6-12(13)16/h2-3,6,8,10-11H,4-5H2,1H3,(H,18,19)(H,20,21). The molecule has 1 aliphatic rings. The predicted octanol–water partition coefficient (Wildman–Crippen LogP) is 2.38. The van der Waals surface area contributed by atoms with Gasteiger partial charge in [0.15, 0.2) is 0 Å². The Kier molecular flexibility index (Phi) is 4.22. The minimum Gasteiger partial charge on any atom is -0.481 e. The third kappa shape index (κ3) is 3.19. The number of hydrogen-bond acceptors (Lipinski definition) is 3. The van der Waals surface area contributed by atoms with Crippen LogP contribution in [0.5, 0.6) is 0 Å². The van der Waals surface area contributed by atoms with E-state index in [0.29, 0.717) is 12.8 Å². The molecule has 110 valence electrons. The van der Waals surface area contributed by atoms with Crippen molar-refractivity contribution >= 4 is 17.6 Å². The maximum Gasteiger partial charge on any atom is 0.307 e. The first-order valence-electron chi connectivity index (χ1n) is 6.65. The maximum atomic E-state index is 13.7. The average Bonchev–Trinajstić information content (AvgIpc) is 2.83. The molecule has 2 rings (SSSR count). The molecule has 6 heteroatoms. The normalized spacial score (nSPS) is 24.3. The van der Waals surface area contributed by atoms with E-state index in [-0.39, 0.29) is 17.2 Å².